The van der Waals surface area contributed by atoms with Crippen LogP contribution in [0, 0.1) is 6.92 Å². The highest BCUT2D eigenvalue weighted by Crippen LogP contribution is 2.34. The number of amides is 1. The van der Waals surface area contributed by atoms with Gasteiger partial charge in [-0.25, -0.2) is 4.98 Å². The number of carbonyl (C=O) groups excluding carboxylic acids is 1. The van der Waals surface area contributed by atoms with Crippen LogP contribution in [0.2, 0.25) is 0 Å². The average Bonchev–Trinajstić information content (AvgIpc) is 3.42. The van der Waals surface area contributed by atoms with Crippen LogP contribution in [0.4, 0.5) is 5.13 Å². The van der Waals surface area contributed by atoms with E-state index in [1.165, 1.54) is 11.3 Å². The van der Waals surface area contributed by atoms with E-state index in [4.69, 9.17) is 14.2 Å². The van der Waals surface area contributed by atoms with Gasteiger partial charge >= 0.3 is 0 Å². The molecule has 0 aliphatic heterocycles. The third kappa shape index (κ3) is 3.61. The van der Waals surface area contributed by atoms with Crippen molar-refractivity contribution >= 4 is 32.6 Å². The summed E-state index contributed by atoms with van der Waals surface area (Å²) < 4.78 is 13.5. The average molecular weight is 397 g/mol. The van der Waals surface area contributed by atoms with Gasteiger partial charge in [0.1, 0.15) is 17.0 Å². The minimum absolute atomic E-state index is 0.252. The maximum atomic E-state index is 13.1. The molecule has 0 spiro atoms. The van der Waals surface area contributed by atoms with Crippen LogP contribution >= 0.6 is 11.3 Å². The lowest BCUT2D eigenvalue weighted by Gasteiger charge is -2.18. The molecule has 3 heterocycles. The number of hydrogen-bond donors (Lipinski definition) is 0. The molecule has 0 unspecified atom stereocenters. The Kier molecular flexibility index (Phi) is 5.07. The van der Waals surface area contributed by atoms with E-state index >= 15 is 0 Å². The molecule has 4 rings (SSSR count). The highest BCUT2D eigenvalue weighted by Gasteiger charge is 2.24. The highest BCUT2D eigenvalue weighted by atomic mass is 32.1. The molecule has 0 bridgehead atoms. The fourth-order valence-electron chi connectivity index (χ4n) is 2.82. The number of fused-ring (bicyclic) bond motifs is 1. The Morgan fingerprint density at radius 1 is 1.36 bits per heavy atom. The number of aromatic nitrogens is 4. The summed E-state index contributed by atoms with van der Waals surface area (Å²) in [4.78, 5) is 19.4. The van der Waals surface area contributed by atoms with E-state index in [0.29, 0.717) is 36.3 Å². The van der Waals surface area contributed by atoms with Crippen molar-refractivity contribution in [2.45, 2.75) is 20.4 Å². The molecule has 0 N–H and O–H groups in total. The number of rotatable bonds is 7. The Labute approximate surface area is 165 Å². The molecule has 0 fully saturated rings. The molecule has 0 aliphatic carbocycles. The molecule has 144 valence electrons. The van der Waals surface area contributed by atoms with Gasteiger partial charge in [0, 0.05) is 25.0 Å². The zero-order valence-electron chi connectivity index (χ0n) is 15.5. The van der Waals surface area contributed by atoms with E-state index in [2.05, 4.69) is 10.3 Å². The summed E-state index contributed by atoms with van der Waals surface area (Å²) in [5, 5.41) is 8.66. The van der Waals surface area contributed by atoms with E-state index in [0.717, 1.165) is 10.2 Å². The molecule has 9 heteroatoms. The van der Waals surface area contributed by atoms with Crippen molar-refractivity contribution in [1.82, 2.24) is 19.9 Å². The second-order valence-electron chi connectivity index (χ2n) is 6.08. The molecule has 0 radical (unpaired) electrons. The van der Waals surface area contributed by atoms with E-state index in [1.54, 1.807) is 28.8 Å². The van der Waals surface area contributed by atoms with Crippen molar-refractivity contribution in [3.8, 4) is 5.75 Å². The molecule has 3 aromatic heterocycles. The van der Waals surface area contributed by atoms with Crippen molar-refractivity contribution in [3.05, 3.63) is 54.2 Å². The largest absolute Gasteiger partial charge is 0.492 e. The van der Waals surface area contributed by atoms with E-state index in [9.17, 15) is 4.79 Å². The zero-order valence-corrected chi connectivity index (χ0v) is 16.3. The Bertz CT molecular complexity index is 1090. The highest BCUT2D eigenvalue weighted by molar-refractivity contribution is 7.22. The van der Waals surface area contributed by atoms with Gasteiger partial charge in [-0.05, 0) is 32.0 Å². The molecule has 1 amide bonds. The lowest BCUT2D eigenvalue weighted by molar-refractivity contribution is 0.0977. The second kappa shape index (κ2) is 7.81. The van der Waals surface area contributed by atoms with Gasteiger partial charge in [-0.3, -0.25) is 14.4 Å². The fraction of sp³-hybridized carbons (Fsp3) is 0.263. The van der Waals surface area contributed by atoms with Crippen LogP contribution in [0.15, 0.2) is 47.2 Å². The number of aryl methyl sites for hydroxylation is 1. The Balaban J connectivity index is 1.70. The Morgan fingerprint density at radius 2 is 2.25 bits per heavy atom. The van der Waals surface area contributed by atoms with Crippen molar-refractivity contribution in [1.29, 1.82) is 0 Å². The number of benzene rings is 1. The number of carbonyl (C=O) groups is 1. The quantitative estimate of drug-likeness (QED) is 0.474. The predicted molar refractivity (Wildman–Crippen MR) is 106 cm³/mol. The minimum Gasteiger partial charge on any atom is -0.492 e. The zero-order chi connectivity index (χ0) is 19.5. The maximum absolute atomic E-state index is 13.1. The second-order valence-corrected chi connectivity index (χ2v) is 7.09. The number of anilines is 1. The molecule has 1 aromatic carbocycles. The molecular formula is C19H19N5O3S. The molecular weight excluding hydrogens is 378 g/mol. The SMILES string of the molecule is CCOc1cccc2sc(N(CCn3cccn3)C(=O)c3cc(C)on3)nc12. The summed E-state index contributed by atoms with van der Waals surface area (Å²) in [6.07, 6.45) is 3.56. The molecule has 4 aromatic rings. The van der Waals surface area contributed by atoms with E-state index in [-0.39, 0.29) is 11.6 Å². The van der Waals surface area contributed by atoms with Crippen LogP contribution < -0.4 is 9.64 Å². The normalized spacial score (nSPS) is 11.1. The Hall–Kier alpha value is -3.20. The summed E-state index contributed by atoms with van der Waals surface area (Å²) in [5.41, 5.74) is 1.000. The van der Waals surface area contributed by atoms with Crippen LogP contribution in [-0.4, -0.2) is 39.0 Å². The summed E-state index contributed by atoms with van der Waals surface area (Å²) >= 11 is 1.44. The summed E-state index contributed by atoms with van der Waals surface area (Å²) in [7, 11) is 0. The number of nitrogens with zero attached hydrogens (tertiary/aromatic N) is 5. The summed E-state index contributed by atoms with van der Waals surface area (Å²) in [6.45, 7) is 5.16. The lowest BCUT2D eigenvalue weighted by atomic mass is 10.3. The van der Waals surface area contributed by atoms with Gasteiger partial charge in [-0.1, -0.05) is 22.6 Å². The van der Waals surface area contributed by atoms with Gasteiger partial charge in [0.2, 0.25) is 0 Å². The van der Waals surface area contributed by atoms with Gasteiger partial charge in [0.15, 0.2) is 10.8 Å². The van der Waals surface area contributed by atoms with Crippen LogP contribution in [0.25, 0.3) is 10.2 Å². The van der Waals surface area contributed by atoms with Crippen molar-refractivity contribution < 1.29 is 14.1 Å². The number of hydrogen-bond acceptors (Lipinski definition) is 7. The molecule has 28 heavy (non-hydrogen) atoms. The fourth-order valence-corrected chi connectivity index (χ4v) is 3.83. The monoisotopic (exact) mass is 397 g/mol. The number of para-hydroxylation sites is 1. The molecule has 0 atom stereocenters. The third-order valence-corrected chi connectivity index (χ3v) is 5.15. The van der Waals surface area contributed by atoms with Gasteiger partial charge < -0.3 is 9.26 Å². The standard InChI is InChI=1S/C19H19N5O3S/c1-3-26-15-6-4-7-16-17(15)21-19(28-16)24(11-10-23-9-5-8-20-23)18(25)14-12-13(2)27-22-14/h4-9,12H,3,10-11H2,1-2H3. The molecule has 0 saturated heterocycles. The first-order chi connectivity index (χ1) is 13.7. The third-order valence-electron chi connectivity index (χ3n) is 4.11. The van der Waals surface area contributed by atoms with Gasteiger partial charge in [-0.2, -0.15) is 5.10 Å². The van der Waals surface area contributed by atoms with Crippen LogP contribution in [0.1, 0.15) is 23.2 Å². The lowest BCUT2D eigenvalue weighted by Crippen LogP contribution is -2.34. The molecule has 8 nitrogen and oxygen atoms in total. The van der Waals surface area contributed by atoms with Crippen LogP contribution in [-0.2, 0) is 6.54 Å². The van der Waals surface area contributed by atoms with Crippen LogP contribution in [0.3, 0.4) is 0 Å². The van der Waals surface area contributed by atoms with Crippen molar-refractivity contribution in [2.75, 3.05) is 18.1 Å². The first-order valence-corrected chi connectivity index (χ1v) is 9.72. The maximum Gasteiger partial charge on any atom is 0.282 e. The number of thiazole rings is 1. The van der Waals surface area contributed by atoms with Crippen molar-refractivity contribution in [2.24, 2.45) is 0 Å². The van der Waals surface area contributed by atoms with Gasteiger partial charge in [0.25, 0.3) is 5.91 Å². The predicted octanol–water partition coefficient (Wildman–Crippen LogP) is 3.53. The van der Waals surface area contributed by atoms with Crippen molar-refractivity contribution in [3.63, 3.8) is 0 Å². The van der Waals surface area contributed by atoms with E-state index in [1.807, 2.05) is 37.4 Å². The Morgan fingerprint density at radius 3 is 2.96 bits per heavy atom. The summed E-state index contributed by atoms with van der Waals surface area (Å²) in [6, 6.07) is 9.25. The number of ether oxygens (including phenoxy) is 1. The minimum atomic E-state index is -0.263. The van der Waals surface area contributed by atoms with Crippen LogP contribution in [0.5, 0.6) is 5.75 Å². The van der Waals surface area contributed by atoms with E-state index < -0.39 is 0 Å². The smallest absolute Gasteiger partial charge is 0.282 e. The first-order valence-electron chi connectivity index (χ1n) is 8.90. The molecule has 0 aliphatic rings. The first kappa shape index (κ1) is 18.2. The summed E-state index contributed by atoms with van der Waals surface area (Å²) in [5.74, 6) is 1.03. The van der Waals surface area contributed by atoms with Gasteiger partial charge in [-0.15, -0.1) is 0 Å². The topological polar surface area (TPSA) is 86.3 Å². The molecule has 0 saturated carbocycles. The van der Waals surface area contributed by atoms with Gasteiger partial charge in [0.05, 0.1) is 17.9 Å².